The van der Waals surface area contributed by atoms with Crippen LogP contribution in [0.15, 0.2) is 91.5 Å². The number of aromatic nitrogens is 3. The number of carbonyl (C=O) groups excluding carboxylic acids is 1. The number of pyridine rings is 1. The summed E-state index contributed by atoms with van der Waals surface area (Å²) in [6.45, 7) is 0.694. The Kier molecular flexibility index (Phi) is 5.11. The van der Waals surface area contributed by atoms with Gasteiger partial charge >= 0.3 is 0 Å². The van der Waals surface area contributed by atoms with Crippen molar-refractivity contribution in [3.05, 3.63) is 103 Å². The molecule has 0 unspecified atom stereocenters. The molecule has 0 atom stereocenters. The highest BCUT2D eigenvalue weighted by molar-refractivity contribution is 6.04. The van der Waals surface area contributed by atoms with Crippen LogP contribution in [-0.4, -0.2) is 20.7 Å². The first-order valence-electron chi connectivity index (χ1n) is 8.82. The number of rotatable bonds is 6. The minimum Gasteiger partial charge on any atom is -0.456 e. The van der Waals surface area contributed by atoms with Gasteiger partial charge in [0.2, 0.25) is 0 Å². The molecule has 0 radical (unpaired) electrons. The number of anilines is 1. The van der Waals surface area contributed by atoms with E-state index in [2.05, 4.69) is 15.4 Å². The van der Waals surface area contributed by atoms with E-state index in [9.17, 15) is 4.79 Å². The number of carbonyl (C=O) groups is 1. The average molecular weight is 370 g/mol. The van der Waals surface area contributed by atoms with E-state index in [1.54, 1.807) is 48.9 Å². The molecule has 2 aromatic heterocycles. The molecule has 138 valence electrons. The second-order valence-corrected chi connectivity index (χ2v) is 6.17. The largest absolute Gasteiger partial charge is 0.456 e. The predicted octanol–water partition coefficient (Wildman–Crippen LogP) is 4.37. The van der Waals surface area contributed by atoms with E-state index in [0.29, 0.717) is 23.6 Å². The van der Waals surface area contributed by atoms with Gasteiger partial charge in [-0.15, -0.1) is 0 Å². The van der Waals surface area contributed by atoms with Gasteiger partial charge in [-0.25, -0.2) is 0 Å². The summed E-state index contributed by atoms with van der Waals surface area (Å²) in [5.74, 6) is 1.12. The molecular weight excluding hydrogens is 352 g/mol. The van der Waals surface area contributed by atoms with Gasteiger partial charge < -0.3 is 10.1 Å². The Labute approximate surface area is 162 Å². The third-order valence-electron chi connectivity index (χ3n) is 4.10. The Hall–Kier alpha value is -3.93. The van der Waals surface area contributed by atoms with E-state index < -0.39 is 0 Å². The zero-order chi connectivity index (χ0) is 19.2. The van der Waals surface area contributed by atoms with Crippen molar-refractivity contribution in [1.82, 2.24) is 14.8 Å². The molecule has 0 bridgehead atoms. The molecule has 4 rings (SSSR count). The van der Waals surface area contributed by atoms with Gasteiger partial charge in [-0.2, -0.15) is 5.10 Å². The summed E-state index contributed by atoms with van der Waals surface area (Å²) in [4.78, 5) is 16.5. The Morgan fingerprint density at radius 1 is 0.929 bits per heavy atom. The van der Waals surface area contributed by atoms with Crippen LogP contribution in [0.4, 0.5) is 5.69 Å². The van der Waals surface area contributed by atoms with Crippen molar-refractivity contribution >= 4 is 11.6 Å². The summed E-state index contributed by atoms with van der Waals surface area (Å²) in [6, 6.07) is 20.2. The molecule has 0 spiro atoms. The third-order valence-corrected chi connectivity index (χ3v) is 4.10. The smallest absolute Gasteiger partial charge is 0.255 e. The first kappa shape index (κ1) is 17.5. The molecule has 6 nitrogen and oxygen atoms in total. The molecule has 0 fully saturated rings. The number of amides is 1. The van der Waals surface area contributed by atoms with Crippen molar-refractivity contribution in [1.29, 1.82) is 0 Å². The summed E-state index contributed by atoms with van der Waals surface area (Å²) in [7, 11) is 0. The van der Waals surface area contributed by atoms with E-state index in [1.165, 1.54) is 0 Å². The highest BCUT2D eigenvalue weighted by Gasteiger charge is 2.07. The lowest BCUT2D eigenvalue weighted by Crippen LogP contribution is -2.11. The molecule has 0 aliphatic rings. The third kappa shape index (κ3) is 4.42. The molecule has 6 heteroatoms. The van der Waals surface area contributed by atoms with Gasteiger partial charge in [0.05, 0.1) is 12.7 Å². The van der Waals surface area contributed by atoms with Crippen LogP contribution >= 0.6 is 0 Å². The van der Waals surface area contributed by atoms with Crippen LogP contribution in [0.3, 0.4) is 0 Å². The fraction of sp³-hybridized carbons (Fsp3) is 0.0455. The van der Waals surface area contributed by atoms with Gasteiger partial charge in [0.1, 0.15) is 11.5 Å². The molecule has 0 aliphatic heterocycles. The second kappa shape index (κ2) is 8.18. The van der Waals surface area contributed by atoms with Crippen LogP contribution in [0.2, 0.25) is 0 Å². The molecule has 1 N–H and O–H groups in total. The van der Waals surface area contributed by atoms with Crippen molar-refractivity contribution in [3.63, 3.8) is 0 Å². The minimum atomic E-state index is -0.173. The molecule has 2 aromatic carbocycles. The summed E-state index contributed by atoms with van der Waals surface area (Å²) < 4.78 is 7.54. The van der Waals surface area contributed by atoms with Gasteiger partial charge in [-0.05, 0) is 60.2 Å². The quantitative estimate of drug-likeness (QED) is 0.547. The van der Waals surface area contributed by atoms with Crippen LogP contribution in [0, 0.1) is 0 Å². The van der Waals surface area contributed by atoms with Crippen LogP contribution in [-0.2, 0) is 6.54 Å². The van der Waals surface area contributed by atoms with Crippen LogP contribution < -0.4 is 10.1 Å². The fourth-order valence-electron chi connectivity index (χ4n) is 2.70. The molecule has 1 amide bonds. The lowest BCUT2D eigenvalue weighted by molar-refractivity contribution is 0.102. The van der Waals surface area contributed by atoms with Crippen LogP contribution in [0.5, 0.6) is 11.5 Å². The summed E-state index contributed by atoms with van der Waals surface area (Å²) in [6.07, 6.45) is 6.99. The van der Waals surface area contributed by atoms with E-state index in [1.807, 2.05) is 47.3 Å². The Balaban J connectivity index is 1.36. The maximum Gasteiger partial charge on any atom is 0.255 e. The molecule has 0 aliphatic carbocycles. The Morgan fingerprint density at radius 2 is 1.75 bits per heavy atom. The first-order chi connectivity index (χ1) is 13.8. The normalized spacial score (nSPS) is 10.4. The monoisotopic (exact) mass is 370 g/mol. The second-order valence-electron chi connectivity index (χ2n) is 6.17. The van der Waals surface area contributed by atoms with Crippen molar-refractivity contribution in [2.45, 2.75) is 6.54 Å². The standard InChI is InChI=1S/C22H18N4O2/c27-22(18-6-10-20(11-7-18)28-21-3-1-12-23-15-21)25-19-8-4-17(5-9-19)16-26-14-2-13-24-26/h1-15H,16H2,(H,25,27). The molecule has 0 saturated carbocycles. The van der Waals surface area contributed by atoms with Crippen molar-refractivity contribution in [2.75, 3.05) is 5.32 Å². The number of benzene rings is 2. The summed E-state index contributed by atoms with van der Waals surface area (Å²) in [5, 5.41) is 7.09. The highest BCUT2D eigenvalue weighted by Crippen LogP contribution is 2.21. The minimum absolute atomic E-state index is 0.173. The molecular formula is C22H18N4O2. The summed E-state index contributed by atoms with van der Waals surface area (Å²) >= 11 is 0. The van der Waals surface area contributed by atoms with Gasteiger partial charge in [-0.3, -0.25) is 14.5 Å². The van der Waals surface area contributed by atoms with Crippen LogP contribution in [0.1, 0.15) is 15.9 Å². The topological polar surface area (TPSA) is 69.0 Å². The number of nitrogens with zero attached hydrogens (tertiary/aromatic N) is 3. The van der Waals surface area contributed by atoms with Gasteiger partial charge in [-0.1, -0.05) is 12.1 Å². The number of ether oxygens (including phenoxy) is 1. The van der Waals surface area contributed by atoms with Gasteiger partial charge in [0.15, 0.2) is 0 Å². The summed E-state index contributed by atoms with van der Waals surface area (Å²) in [5.41, 5.74) is 2.41. The SMILES string of the molecule is O=C(Nc1ccc(Cn2cccn2)cc1)c1ccc(Oc2cccnc2)cc1. The average Bonchev–Trinajstić information content (AvgIpc) is 3.24. The number of nitrogens with one attached hydrogen (secondary N) is 1. The molecule has 2 heterocycles. The maximum atomic E-state index is 12.4. The predicted molar refractivity (Wildman–Crippen MR) is 106 cm³/mol. The lowest BCUT2D eigenvalue weighted by Gasteiger charge is -2.08. The van der Waals surface area contributed by atoms with Crippen molar-refractivity contribution < 1.29 is 9.53 Å². The van der Waals surface area contributed by atoms with E-state index in [-0.39, 0.29) is 5.91 Å². The van der Waals surface area contributed by atoms with Crippen molar-refractivity contribution in [3.8, 4) is 11.5 Å². The molecule has 28 heavy (non-hydrogen) atoms. The Bertz CT molecular complexity index is 1030. The maximum absolute atomic E-state index is 12.4. The van der Waals surface area contributed by atoms with Gasteiger partial charge in [0.25, 0.3) is 5.91 Å². The molecule has 4 aromatic rings. The fourth-order valence-corrected chi connectivity index (χ4v) is 2.70. The lowest BCUT2D eigenvalue weighted by atomic mass is 10.1. The van der Waals surface area contributed by atoms with Gasteiger partial charge in [0, 0.05) is 29.8 Å². The number of hydrogen-bond acceptors (Lipinski definition) is 4. The first-order valence-corrected chi connectivity index (χ1v) is 8.82. The van der Waals surface area contributed by atoms with Crippen molar-refractivity contribution in [2.24, 2.45) is 0 Å². The zero-order valence-electron chi connectivity index (χ0n) is 15.0. The molecule has 0 saturated heterocycles. The highest BCUT2D eigenvalue weighted by atomic mass is 16.5. The zero-order valence-corrected chi connectivity index (χ0v) is 15.0. The number of hydrogen-bond donors (Lipinski definition) is 1. The van der Waals surface area contributed by atoms with E-state index in [0.717, 1.165) is 11.3 Å². The Morgan fingerprint density at radius 3 is 2.43 bits per heavy atom. The van der Waals surface area contributed by atoms with E-state index in [4.69, 9.17) is 4.74 Å². The van der Waals surface area contributed by atoms with Crippen LogP contribution in [0.25, 0.3) is 0 Å². The van der Waals surface area contributed by atoms with E-state index >= 15 is 0 Å².